The van der Waals surface area contributed by atoms with Crippen molar-refractivity contribution in [3.8, 4) is 5.69 Å². The Labute approximate surface area is 432 Å². The van der Waals surface area contributed by atoms with Crippen LogP contribution < -0.4 is 0 Å². The summed E-state index contributed by atoms with van der Waals surface area (Å²) in [4.78, 5) is 16.2. The van der Waals surface area contributed by atoms with Gasteiger partial charge in [0.05, 0.1) is 22.1 Å². The Morgan fingerprint density at radius 3 is 1.76 bits per heavy atom. The predicted octanol–water partition coefficient (Wildman–Crippen LogP) is 17.5. The molecule has 3 aromatic heterocycles. The molecule has 10 aromatic rings. The van der Waals surface area contributed by atoms with Crippen LogP contribution in [-0.4, -0.2) is 24.1 Å². The average molecular weight is 954 g/mol. The summed E-state index contributed by atoms with van der Waals surface area (Å²) in [7, 11) is 0. The van der Waals surface area contributed by atoms with E-state index < -0.39 is 0 Å². The highest BCUT2D eigenvalue weighted by molar-refractivity contribution is 6.19. The Morgan fingerprint density at radius 1 is 0.541 bits per heavy atom. The van der Waals surface area contributed by atoms with E-state index in [2.05, 4.69) is 255 Å². The summed E-state index contributed by atoms with van der Waals surface area (Å²) in [6.07, 6.45) is 20.6. The van der Waals surface area contributed by atoms with E-state index in [1.54, 1.807) is 6.08 Å². The molecule has 0 bridgehead atoms. The summed E-state index contributed by atoms with van der Waals surface area (Å²) >= 11 is 0. The lowest BCUT2D eigenvalue weighted by molar-refractivity contribution is 0.820. The molecule has 0 amide bonds. The van der Waals surface area contributed by atoms with Crippen molar-refractivity contribution >= 4 is 71.6 Å². The smallest absolute Gasteiger partial charge is 0.164 e. The second-order valence-corrected chi connectivity index (χ2v) is 19.1. The maximum atomic E-state index is 5.53. The molecule has 2 aliphatic carbocycles. The van der Waals surface area contributed by atoms with Crippen LogP contribution in [0, 0.1) is 0 Å². The van der Waals surface area contributed by atoms with E-state index in [9.17, 15) is 0 Å². The van der Waals surface area contributed by atoms with E-state index in [-0.39, 0.29) is 11.8 Å². The van der Waals surface area contributed by atoms with Crippen LogP contribution in [0.3, 0.4) is 0 Å². The minimum absolute atomic E-state index is 0.112. The highest BCUT2D eigenvalue weighted by Crippen LogP contribution is 2.49. The van der Waals surface area contributed by atoms with Gasteiger partial charge in [0.1, 0.15) is 0 Å². The molecule has 0 aliphatic heterocycles. The fourth-order valence-corrected chi connectivity index (χ4v) is 11.4. The van der Waals surface area contributed by atoms with Gasteiger partial charge < -0.3 is 9.13 Å². The van der Waals surface area contributed by atoms with E-state index >= 15 is 0 Å². The average Bonchev–Trinajstić information content (AvgIpc) is 3.98. The molecule has 0 fully saturated rings. The lowest BCUT2D eigenvalue weighted by atomic mass is 9.79. The summed E-state index contributed by atoms with van der Waals surface area (Å²) in [6.45, 7) is 12.5. The molecular formula is C69H55N5. The molecule has 2 aliphatic rings. The normalized spacial score (nSPS) is 16.5. The van der Waals surface area contributed by atoms with Crippen LogP contribution in [0.5, 0.6) is 0 Å². The van der Waals surface area contributed by atoms with Gasteiger partial charge in [-0.2, -0.15) is 0 Å². The Balaban J connectivity index is 1.14. The zero-order valence-electron chi connectivity index (χ0n) is 41.7. The minimum atomic E-state index is -0.112. The standard InChI is InChI=1S/C69H55N5/c1-5-25-46(7-3)58-42-54(69-71-67(47(8-4)26-6-2)70-68(72-69)53-40-51(48-27-13-9-14-28-48)39-52(41-53)49-29-15-10-16-30-49)43-59(50-31-17-11-18-32-50)66(58)74-63-38-24-22-36-57(63)61-44-64-60(45-65(61)74)56-35-21-23-37-62(56)73(64)55-33-19-12-20-34-55/h5-38,40-42,44-45,51,59H,2,4,39,43H2,1,3H3/b25-5-,46-7+,47-26+. The summed E-state index contributed by atoms with van der Waals surface area (Å²) in [5.41, 5.74) is 16.8. The maximum absolute atomic E-state index is 5.53. The van der Waals surface area contributed by atoms with Crippen LogP contribution in [-0.2, 0) is 0 Å². The summed E-state index contributed by atoms with van der Waals surface area (Å²) in [5.74, 6) is 1.80. The Hall–Kier alpha value is -9.19. The van der Waals surface area contributed by atoms with Gasteiger partial charge in [0.2, 0.25) is 0 Å². The highest BCUT2D eigenvalue weighted by Gasteiger charge is 2.33. The summed E-state index contributed by atoms with van der Waals surface area (Å²) < 4.78 is 4.97. The van der Waals surface area contributed by atoms with Crippen molar-refractivity contribution in [1.82, 2.24) is 24.1 Å². The van der Waals surface area contributed by atoms with Crippen molar-refractivity contribution in [2.24, 2.45) is 0 Å². The van der Waals surface area contributed by atoms with Crippen LogP contribution in [0.25, 0.3) is 77.3 Å². The molecule has 74 heavy (non-hydrogen) atoms. The van der Waals surface area contributed by atoms with E-state index in [1.165, 1.54) is 60.5 Å². The Kier molecular flexibility index (Phi) is 12.3. The van der Waals surface area contributed by atoms with Gasteiger partial charge in [-0.05, 0) is 109 Å². The van der Waals surface area contributed by atoms with Crippen molar-refractivity contribution in [3.05, 3.63) is 295 Å². The van der Waals surface area contributed by atoms with Crippen molar-refractivity contribution in [1.29, 1.82) is 0 Å². The molecule has 0 N–H and O–H groups in total. The first-order valence-corrected chi connectivity index (χ1v) is 25.6. The maximum Gasteiger partial charge on any atom is 0.164 e. The third kappa shape index (κ3) is 8.22. The van der Waals surface area contributed by atoms with Gasteiger partial charge in [-0.1, -0.05) is 201 Å². The Bertz CT molecular complexity index is 4040. The molecule has 0 saturated carbocycles. The molecule has 3 heterocycles. The molecule has 2 atom stereocenters. The number of hydrogen-bond donors (Lipinski definition) is 0. The zero-order valence-corrected chi connectivity index (χ0v) is 41.7. The first-order chi connectivity index (χ1) is 36.5. The van der Waals surface area contributed by atoms with E-state index in [0.29, 0.717) is 23.9 Å². The van der Waals surface area contributed by atoms with E-state index in [1.807, 2.05) is 12.2 Å². The lowest BCUT2D eigenvalue weighted by Crippen LogP contribution is -2.17. The molecule has 0 saturated heterocycles. The van der Waals surface area contributed by atoms with Gasteiger partial charge in [0, 0.05) is 61.5 Å². The van der Waals surface area contributed by atoms with E-state index in [0.717, 1.165) is 51.0 Å². The predicted molar refractivity (Wildman–Crippen MR) is 312 cm³/mol. The molecule has 5 heteroatoms. The second kappa shape index (κ2) is 19.8. The number of fused-ring (bicyclic) bond motifs is 6. The number of hydrogen-bond acceptors (Lipinski definition) is 3. The van der Waals surface area contributed by atoms with Gasteiger partial charge in [0.15, 0.2) is 17.5 Å². The van der Waals surface area contributed by atoms with Crippen molar-refractivity contribution in [2.45, 2.75) is 38.5 Å². The first-order valence-electron chi connectivity index (χ1n) is 25.6. The molecule has 7 aromatic carbocycles. The van der Waals surface area contributed by atoms with Gasteiger partial charge in [-0.25, -0.2) is 15.0 Å². The van der Waals surface area contributed by atoms with E-state index in [4.69, 9.17) is 15.0 Å². The fourth-order valence-electron chi connectivity index (χ4n) is 11.4. The largest absolute Gasteiger partial charge is 0.312 e. The number of nitrogens with zero attached hydrogens (tertiary/aromatic N) is 5. The van der Waals surface area contributed by atoms with Crippen molar-refractivity contribution in [3.63, 3.8) is 0 Å². The number of para-hydroxylation sites is 3. The summed E-state index contributed by atoms with van der Waals surface area (Å²) in [6, 6.07) is 65.7. The monoisotopic (exact) mass is 953 g/mol. The van der Waals surface area contributed by atoms with Crippen LogP contribution in [0.1, 0.15) is 72.7 Å². The second-order valence-electron chi connectivity index (χ2n) is 19.1. The van der Waals surface area contributed by atoms with Crippen molar-refractivity contribution < 1.29 is 0 Å². The van der Waals surface area contributed by atoms with Crippen molar-refractivity contribution in [2.75, 3.05) is 0 Å². The molecule has 356 valence electrons. The van der Waals surface area contributed by atoms with Crippen LogP contribution in [0.4, 0.5) is 0 Å². The third-order valence-corrected chi connectivity index (χ3v) is 14.7. The number of allylic oxidation sites excluding steroid dienone is 16. The lowest BCUT2D eigenvalue weighted by Gasteiger charge is -2.31. The number of aromatic nitrogens is 5. The van der Waals surface area contributed by atoms with Crippen LogP contribution >= 0.6 is 0 Å². The molecule has 0 radical (unpaired) electrons. The summed E-state index contributed by atoms with van der Waals surface area (Å²) in [5, 5.41) is 4.82. The minimum Gasteiger partial charge on any atom is -0.312 e. The zero-order chi connectivity index (χ0) is 50.1. The molecule has 5 nitrogen and oxygen atoms in total. The van der Waals surface area contributed by atoms with Crippen LogP contribution in [0.2, 0.25) is 0 Å². The number of benzene rings is 7. The van der Waals surface area contributed by atoms with Gasteiger partial charge in [-0.3, -0.25) is 0 Å². The van der Waals surface area contributed by atoms with Crippen LogP contribution in [0.15, 0.2) is 261 Å². The van der Waals surface area contributed by atoms with Gasteiger partial charge >= 0.3 is 0 Å². The van der Waals surface area contributed by atoms with Gasteiger partial charge in [-0.15, -0.1) is 0 Å². The third-order valence-electron chi connectivity index (χ3n) is 14.7. The molecule has 2 unspecified atom stereocenters. The molecule has 0 spiro atoms. The topological polar surface area (TPSA) is 48.5 Å². The molecule has 12 rings (SSSR count). The quantitative estimate of drug-likeness (QED) is 0.115. The van der Waals surface area contributed by atoms with Gasteiger partial charge in [0.25, 0.3) is 0 Å². The SMILES string of the molecule is C=C/C=C(\C=C)c1nc(C2=CC(c3ccccc3)CC(c3ccccc3)=C2)nc(C2=CC(C(/C=C\C)=C/C)=C(n3c4ccccc4c4cc5c(cc43)c3ccccc3n5-c3ccccc3)C(c3ccccc3)C2)n1. The number of rotatable bonds is 12. The molecular weight excluding hydrogens is 899 g/mol. The highest BCUT2D eigenvalue weighted by atomic mass is 15.0. The fraction of sp³-hybridized carbons (Fsp3) is 0.0870. The first kappa shape index (κ1) is 45.9. The Morgan fingerprint density at radius 2 is 1.12 bits per heavy atom.